The minimum Gasteiger partial charge on any atom is -0.313 e. The van der Waals surface area contributed by atoms with Crippen molar-refractivity contribution in [2.45, 2.75) is 39.7 Å². The van der Waals surface area contributed by atoms with E-state index in [4.69, 9.17) is 16.6 Å². The van der Waals surface area contributed by atoms with Crippen molar-refractivity contribution in [3.05, 3.63) is 40.5 Å². The van der Waals surface area contributed by atoms with E-state index in [1.54, 1.807) is 0 Å². The molecule has 2 nitrogen and oxygen atoms in total. The van der Waals surface area contributed by atoms with Gasteiger partial charge in [0.2, 0.25) is 0 Å². The number of aromatic nitrogens is 1. The van der Waals surface area contributed by atoms with Crippen LogP contribution in [0, 0.1) is 0 Å². The van der Waals surface area contributed by atoms with Crippen LogP contribution < -0.4 is 5.32 Å². The summed E-state index contributed by atoms with van der Waals surface area (Å²) in [6, 6.07) is 8.10. The lowest BCUT2D eigenvalue weighted by Gasteiger charge is -2.20. The Morgan fingerprint density at radius 1 is 1.21 bits per heavy atom. The van der Waals surface area contributed by atoms with E-state index in [0.717, 1.165) is 34.7 Å². The molecule has 19 heavy (non-hydrogen) atoms. The maximum absolute atomic E-state index is 6.11. The first-order chi connectivity index (χ1) is 8.91. The van der Waals surface area contributed by atoms with E-state index in [-0.39, 0.29) is 5.41 Å². The number of halogens is 1. The van der Waals surface area contributed by atoms with E-state index >= 15 is 0 Å². The van der Waals surface area contributed by atoms with E-state index < -0.39 is 0 Å². The highest BCUT2D eigenvalue weighted by Crippen LogP contribution is 2.27. The van der Waals surface area contributed by atoms with Crippen molar-refractivity contribution in [2.24, 2.45) is 0 Å². The van der Waals surface area contributed by atoms with Crippen LogP contribution in [0.3, 0.4) is 0 Å². The minimum atomic E-state index is 0.0504. The van der Waals surface area contributed by atoms with Crippen molar-refractivity contribution in [1.29, 1.82) is 0 Å². The van der Waals surface area contributed by atoms with Gasteiger partial charge in [-0.25, -0.2) is 0 Å². The fourth-order valence-corrected chi connectivity index (χ4v) is 2.23. The molecule has 0 atom stereocenters. The summed E-state index contributed by atoms with van der Waals surface area (Å²) in [4.78, 5) is 4.77. The molecular weight excluding hydrogens is 256 g/mol. The molecule has 0 aliphatic rings. The van der Waals surface area contributed by atoms with Crippen LogP contribution >= 0.6 is 11.6 Å². The zero-order valence-electron chi connectivity index (χ0n) is 12.0. The topological polar surface area (TPSA) is 24.9 Å². The molecule has 0 spiro atoms. The maximum Gasteiger partial charge on any atom is 0.0709 e. The Bertz CT molecular complexity index is 585. The molecule has 0 fully saturated rings. The molecule has 2 rings (SSSR count). The van der Waals surface area contributed by atoms with E-state index in [2.05, 4.69) is 39.1 Å². The largest absolute Gasteiger partial charge is 0.313 e. The van der Waals surface area contributed by atoms with Gasteiger partial charge < -0.3 is 5.32 Å². The number of hydrogen-bond donors (Lipinski definition) is 1. The number of nitrogens with zero attached hydrogens (tertiary/aromatic N) is 1. The van der Waals surface area contributed by atoms with Crippen LogP contribution in [0.4, 0.5) is 0 Å². The first-order valence-corrected chi connectivity index (χ1v) is 7.10. The van der Waals surface area contributed by atoms with Crippen molar-refractivity contribution in [1.82, 2.24) is 10.3 Å². The number of fused-ring (bicyclic) bond motifs is 1. The molecule has 0 unspecified atom stereocenters. The van der Waals surface area contributed by atoms with Crippen molar-refractivity contribution in [2.75, 3.05) is 6.54 Å². The monoisotopic (exact) mass is 276 g/mol. The summed E-state index contributed by atoms with van der Waals surface area (Å²) in [5.74, 6) is 0. The van der Waals surface area contributed by atoms with E-state index in [0.29, 0.717) is 0 Å². The van der Waals surface area contributed by atoms with Crippen molar-refractivity contribution in [3.8, 4) is 0 Å². The van der Waals surface area contributed by atoms with Gasteiger partial charge in [0.05, 0.1) is 5.52 Å². The smallest absolute Gasteiger partial charge is 0.0709 e. The molecular formula is C16H21ClN2. The number of pyridine rings is 1. The highest BCUT2D eigenvalue weighted by molar-refractivity contribution is 6.31. The maximum atomic E-state index is 6.11. The van der Waals surface area contributed by atoms with E-state index in [9.17, 15) is 0 Å². The molecule has 1 aromatic heterocycles. The molecule has 0 bridgehead atoms. The Balaban J connectivity index is 2.62. The molecule has 0 saturated heterocycles. The summed E-state index contributed by atoms with van der Waals surface area (Å²) in [5, 5.41) is 5.28. The molecule has 0 amide bonds. The van der Waals surface area contributed by atoms with Crippen molar-refractivity contribution >= 4 is 22.5 Å². The van der Waals surface area contributed by atoms with Crippen LogP contribution in [0.2, 0.25) is 5.02 Å². The molecule has 1 aromatic carbocycles. The van der Waals surface area contributed by atoms with Gasteiger partial charge in [-0.2, -0.15) is 0 Å². The van der Waals surface area contributed by atoms with E-state index in [1.165, 1.54) is 5.56 Å². The zero-order valence-corrected chi connectivity index (χ0v) is 12.8. The summed E-state index contributed by atoms with van der Waals surface area (Å²) in [5.41, 5.74) is 3.45. The molecule has 0 aliphatic carbocycles. The fourth-order valence-electron chi connectivity index (χ4n) is 2.06. The van der Waals surface area contributed by atoms with Gasteiger partial charge in [0.1, 0.15) is 0 Å². The van der Waals surface area contributed by atoms with Crippen LogP contribution in [0.15, 0.2) is 24.3 Å². The number of benzene rings is 1. The highest BCUT2D eigenvalue weighted by atomic mass is 35.5. The Morgan fingerprint density at radius 2 is 1.95 bits per heavy atom. The molecule has 2 aromatic rings. The summed E-state index contributed by atoms with van der Waals surface area (Å²) in [6.45, 7) is 10.5. The highest BCUT2D eigenvalue weighted by Gasteiger charge is 2.17. The third kappa shape index (κ3) is 3.26. The zero-order chi connectivity index (χ0) is 14.0. The third-order valence-corrected chi connectivity index (χ3v) is 3.43. The molecule has 1 N–H and O–H groups in total. The summed E-state index contributed by atoms with van der Waals surface area (Å²) >= 11 is 6.11. The van der Waals surface area contributed by atoms with Crippen LogP contribution in [0.25, 0.3) is 10.9 Å². The number of rotatable bonds is 3. The summed E-state index contributed by atoms with van der Waals surface area (Å²) in [6.07, 6.45) is 0. The van der Waals surface area contributed by atoms with E-state index in [1.807, 2.05) is 18.2 Å². The molecule has 102 valence electrons. The number of nitrogens with one attached hydrogen (secondary N) is 1. The summed E-state index contributed by atoms with van der Waals surface area (Å²) in [7, 11) is 0. The second-order valence-electron chi connectivity index (χ2n) is 5.86. The third-order valence-electron chi connectivity index (χ3n) is 3.19. The van der Waals surface area contributed by atoms with Gasteiger partial charge in [0.25, 0.3) is 0 Å². The average Bonchev–Trinajstić information content (AvgIpc) is 2.34. The predicted octanol–water partition coefficient (Wildman–Crippen LogP) is 4.30. The lowest BCUT2D eigenvalue weighted by molar-refractivity contribution is 0.569. The Kier molecular flexibility index (Phi) is 4.12. The second kappa shape index (κ2) is 5.48. The van der Waals surface area contributed by atoms with Gasteiger partial charge in [0.15, 0.2) is 0 Å². The number of hydrogen-bond acceptors (Lipinski definition) is 2. The average molecular weight is 277 g/mol. The molecule has 1 heterocycles. The summed E-state index contributed by atoms with van der Waals surface area (Å²) < 4.78 is 0. The SMILES string of the molecule is CCNCc1cc(C(C)(C)C)nc2ccc(Cl)cc12. The van der Waals surface area contributed by atoms with Crippen molar-refractivity contribution < 1.29 is 0 Å². The van der Waals surface area contributed by atoms with Crippen molar-refractivity contribution in [3.63, 3.8) is 0 Å². The van der Waals surface area contributed by atoms with Gasteiger partial charge in [-0.3, -0.25) is 4.98 Å². The lowest BCUT2D eigenvalue weighted by Crippen LogP contribution is -2.17. The first-order valence-electron chi connectivity index (χ1n) is 6.72. The molecule has 3 heteroatoms. The van der Waals surface area contributed by atoms with Crippen LogP contribution in [-0.2, 0) is 12.0 Å². The minimum absolute atomic E-state index is 0.0504. The van der Waals surface area contributed by atoms with Gasteiger partial charge in [0, 0.05) is 28.1 Å². The Hall–Kier alpha value is -1.12. The van der Waals surface area contributed by atoms with Crippen LogP contribution in [0.5, 0.6) is 0 Å². The Labute approximate surface area is 120 Å². The second-order valence-corrected chi connectivity index (χ2v) is 6.29. The molecule has 0 radical (unpaired) electrons. The lowest BCUT2D eigenvalue weighted by atomic mass is 9.90. The standard InChI is InChI=1S/C16H21ClN2/c1-5-18-10-11-8-15(16(2,3)4)19-14-7-6-12(17)9-13(11)14/h6-9,18H,5,10H2,1-4H3. The predicted molar refractivity (Wildman–Crippen MR) is 82.8 cm³/mol. The van der Waals surface area contributed by atoms with Crippen LogP contribution in [0.1, 0.15) is 39.0 Å². The normalized spacial score (nSPS) is 12.1. The fraction of sp³-hybridized carbons (Fsp3) is 0.438. The van der Waals surface area contributed by atoms with Crippen LogP contribution in [-0.4, -0.2) is 11.5 Å². The van der Waals surface area contributed by atoms with Gasteiger partial charge >= 0.3 is 0 Å². The van der Waals surface area contributed by atoms with Gasteiger partial charge in [-0.1, -0.05) is 39.3 Å². The molecule has 0 saturated carbocycles. The van der Waals surface area contributed by atoms with Gasteiger partial charge in [-0.15, -0.1) is 0 Å². The quantitative estimate of drug-likeness (QED) is 0.904. The van der Waals surface area contributed by atoms with Gasteiger partial charge in [-0.05, 0) is 36.4 Å². The molecule has 0 aliphatic heterocycles. The Morgan fingerprint density at radius 3 is 2.58 bits per heavy atom. The first kappa shape index (κ1) is 14.3.